The maximum atomic E-state index is 10.8. The summed E-state index contributed by atoms with van der Waals surface area (Å²) in [7, 11) is 0. The van der Waals surface area contributed by atoms with Gasteiger partial charge < -0.3 is 10.8 Å². The lowest BCUT2D eigenvalue weighted by Crippen LogP contribution is -2.20. The summed E-state index contributed by atoms with van der Waals surface area (Å²) < 4.78 is 0. The summed E-state index contributed by atoms with van der Waals surface area (Å²) in [6.45, 7) is 4.22. The summed E-state index contributed by atoms with van der Waals surface area (Å²) in [4.78, 5) is 10.8. The van der Waals surface area contributed by atoms with Crippen LogP contribution in [-0.2, 0) is 4.79 Å². The summed E-state index contributed by atoms with van der Waals surface area (Å²) >= 11 is 6.18. The van der Waals surface area contributed by atoms with Crippen LogP contribution in [0.3, 0.4) is 0 Å². The van der Waals surface area contributed by atoms with Gasteiger partial charge in [0, 0.05) is 5.02 Å². The third-order valence-corrected chi connectivity index (χ3v) is 3.40. The molecule has 0 fully saturated rings. The average molecular weight is 256 g/mol. The molecule has 3 N–H and O–H groups in total. The second-order valence-electron chi connectivity index (χ2n) is 4.11. The Morgan fingerprint density at radius 1 is 1.41 bits per heavy atom. The van der Waals surface area contributed by atoms with Gasteiger partial charge in [0.15, 0.2) is 0 Å². The summed E-state index contributed by atoms with van der Waals surface area (Å²) in [5, 5.41) is 9.43. The maximum absolute atomic E-state index is 10.8. The number of carboxylic acids is 1. The largest absolute Gasteiger partial charge is 0.480 e. The molecule has 0 heterocycles. The number of hydrogen-bond acceptors (Lipinski definition) is 2. The molecule has 0 bridgehead atoms. The molecule has 3 nitrogen and oxygen atoms in total. The van der Waals surface area contributed by atoms with E-state index >= 15 is 0 Å². The number of carboxylic acid groups (broad SMARTS) is 1. The van der Waals surface area contributed by atoms with Crippen LogP contribution in [-0.4, -0.2) is 11.1 Å². The Morgan fingerprint density at radius 2 is 2.00 bits per heavy atom. The van der Waals surface area contributed by atoms with E-state index in [-0.39, 0.29) is 0 Å². The topological polar surface area (TPSA) is 63.3 Å². The van der Waals surface area contributed by atoms with Crippen molar-refractivity contribution in [3.05, 3.63) is 34.3 Å². The number of rotatable bonds is 5. The van der Waals surface area contributed by atoms with Gasteiger partial charge in [-0.1, -0.05) is 37.6 Å². The first kappa shape index (κ1) is 14.0. The minimum atomic E-state index is -1.05. The highest BCUT2D eigenvalue weighted by Crippen LogP contribution is 2.31. The highest BCUT2D eigenvalue weighted by Gasteiger charge is 2.17. The van der Waals surface area contributed by atoms with Gasteiger partial charge in [-0.2, -0.15) is 0 Å². The Kier molecular flexibility index (Phi) is 4.97. The molecule has 0 spiro atoms. The SMILES string of the molecule is CCC(CC)c1ccc(C(N)C(=O)O)cc1Cl. The predicted octanol–water partition coefficient (Wildman–Crippen LogP) is 3.33. The number of carbonyl (C=O) groups is 1. The smallest absolute Gasteiger partial charge is 0.325 e. The molecule has 0 saturated carbocycles. The molecule has 1 aromatic carbocycles. The van der Waals surface area contributed by atoms with E-state index in [9.17, 15) is 4.79 Å². The van der Waals surface area contributed by atoms with Crippen molar-refractivity contribution in [2.75, 3.05) is 0 Å². The first-order chi connectivity index (χ1) is 8.01. The molecule has 1 atom stereocenters. The quantitative estimate of drug-likeness (QED) is 0.848. The van der Waals surface area contributed by atoms with E-state index in [2.05, 4.69) is 13.8 Å². The molecule has 1 rings (SSSR count). The maximum Gasteiger partial charge on any atom is 0.325 e. The third-order valence-electron chi connectivity index (χ3n) is 3.08. The van der Waals surface area contributed by atoms with Gasteiger partial charge in [-0.3, -0.25) is 4.79 Å². The fourth-order valence-electron chi connectivity index (χ4n) is 1.94. The molecule has 0 aromatic heterocycles. The van der Waals surface area contributed by atoms with Crippen molar-refractivity contribution in [2.45, 2.75) is 38.6 Å². The van der Waals surface area contributed by atoms with Crippen LogP contribution < -0.4 is 5.73 Å². The van der Waals surface area contributed by atoms with Crippen LogP contribution in [0.15, 0.2) is 18.2 Å². The fraction of sp³-hybridized carbons (Fsp3) is 0.462. The summed E-state index contributed by atoms with van der Waals surface area (Å²) in [6, 6.07) is 4.29. The van der Waals surface area contributed by atoms with Crippen molar-refractivity contribution in [3.63, 3.8) is 0 Å². The molecule has 17 heavy (non-hydrogen) atoms. The van der Waals surface area contributed by atoms with E-state index in [1.54, 1.807) is 12.1 Å². The molecule has 4 heteroatoms. The number of hydrogen-bond donors (Lipinski definition) is 2. The van der Waals surface area contributed by atoms with E-state index < -0.39 is 12.0 Å². The van der Waals surface area contributed by atoms with E-state index in [0.717, 1.165) is 18.4 Å². The van der Waals surface area contributed by atoms with Gasteiger partial charge in [0.25, 0.3) is 0 Å². The average Bonchev–Trinajstić information content (AvgIpc) is 2.31. The summed E-state index contributed by atoms with van der Waals surface area (Å²) in [5.41, 5.74) is 7.15. The molecule has 1 unspecified atom stereocenters. The first-order valence-electron chi connectivity index (χ1n) is 5.78. The van der Waals surface area contributed by atoms with Crippen LogP contribution >= 0.6 is 11.6 Å². The second-order valence-corrected chi connectivity index (χ2v) is 4.52. The molecule has 0 aliphatic heterocycles. The molecule has 0 radical (unpaired) electrons. The number of benzene rings is 1. The van der Waals surface area contributed by atoms with Gasteiger partial charge in [-0.05, 0) is 36.0 Å². The molecular formula is C13H18ClNO2. The zero-order valence-corrected chi connectivity index (χ0v) is 10.9. The minimum Gasteiger partial charge on any atom is -0.480 e. The zero-order valence-electron chi connectivity index (χ0n) is 10.1. The summed E-state index contributed by atoms with van der Waals surface area (Å²) in [5.74, 6) is -0.631. The number of halogens is 1. The van der Waals surface area contributed by atoms with Crippen LogP contribution in [0.1, 0.15) is 49.8 Å². The Balaban J connectivity index is 3.05. The second kappa shape index (κ2) is 6.03. The summed E-state index contributed by atoms with van der Waals surface area (Å²) in [6.07, 6.45) is 2.03. The monoisotopic (exact) mass is 255 g/mol. The van der Waals surface area contributed by atoms with Crippen LogP contribution in [0.25, 0.3) is 0 Å². The van der Waals surface area contributed by atoms with Gasteiger partial charge in [0.1, 0.15) is 6.04 Å². The van der Waals surface area contributed by atoms with Gasteiger partial charge in [0.2, 0.25) is 0 Å². The lowest BCUT2D eigenvalue weighted by molar-refractivity contribution is -0.138. The Hall–Kier alpha value is -1.06. The lowest BCUT2D eigenvalue weighted by Gasteiger charge is -2.16. The van der Waals surface area contributed by atoms with Crippen LogP contribution in [0.4, 0.5) is 0 Å². The molecule has 0 saturated heterocycles. The Morgan fingerprint density at radius 3 is 2.41 bits per heavy atom. The third kappa shape index (κ3) is 3.20. The lowest BCUT2D eigenvalue weighted by atomic mass is 9.92. The first-order valence-corrected chi connectivity index (χ1v) is 6.16. The standard InChI is InChI=1S/C13H18ClNO2/c1-3-8(4-2)10-6-5-9(7-11(10)14)12(15)13(16)17/h5-8,12H,3-4,15H2,1-2H3,(H,16,17). The molecule has 0 amide bonds. The van der Waals surface area contributed by atoms with Crippen molar-refractivity contribution in [1.29, 1.82) is 0 Å². The van der Waals surface area contributed by atoms with Crippen molar-refractivity contribution < 1.29 is 9.90 Å². The van der Waals surface area contributed by atoms with Crippen molar-refractivity contribution in [1.82, 2.24) is 0 Å². The van der Waals surface area contributed by atoms with E-state index in [1.165, 1.54) is 0 Å². The fourth-order valence-corrected chi connectivity index (χ4v) is 2.28. The predicted molar refractivity (Wildman–Crippen MR) is 69.3 cm³/mol. The molecular weight excluding hydrogens is 238 g/mol. The van der Waals surface area contributed by atoms with Gasteiger partial charge >= 0.3 is 5.97 Å². The normalized spacial score (nSPS) is 12.8. The zero-order chi connectivity index (χ0) is 13.0. The Labute approximate surface area is 107 Å². The molecule has 0 aliphatic carbocycles. The van der Waals surface area contributed by atoms with Crippen LogP contribution in [0, 0.1) is 0 Å². The molecule has 1 aromatic rings. The van der Waals surface area contributed by atoms with Crippen LogP contribution in [0.5, 0.6) is 0 Å². The van der Waals surface area contributed by atoms with Crippen molar-refractivity contribution in [3.8, 4) is 0 Å². The molecule has 94 valence electrons. The highest BCUT2D eigenvalue weighted by molar-refractivity contribution is 6.31. The van der Waals surface area contributed by atoms with Gasteiger partial charge in [-0.25, -0.2) is 0 Å². The highest BCUT2D eigenvalue weighted by atomic mass is 35.5. The van der Waals surface area contributed by atoms with Gasteiger partial charge in [-0.15, -0.1) is 0 Å². The minimum absolute atomic E-state index is 0.414. The van der Waals surface area contributed by atoms with E-state index in [0.29, 0.717) is 16.5 Å². The number of aliphatic carboxylic acids is 1. The van der Waals surface area contributed by atoms with Crippen LogP contribution in [0.2, 0.25) is 5.02 Å². The Bertz CT molecular complexity index is 402. The van der Waals surface area contributed by atoms with Crippen molar-refractivity contribution >= 4 is 17.6 Å². The number of nitrogens with two attached hydrogens (primary N) is 1. The van der Waals surface area contributed by atoms with E-state index in [4.69, 9.17) is 22.4 Å². The van der Waals surface area contributed by atoms with E-state index in [1.807, 2.05) is 6.07 Å². The van der Waals surface area contributed by atoms with Gasteiger partial charge in [0.05, 0.1) is 0 Å². The van der Waals surface area contributed by atoms with Crippen molar-refractivity contribution in [2.24, 2.45) is 5.73 Å². The molecule has 0 aliphatic rings.